The molecule has 25 heavy (non-hydrogen) atoms. The van der Waals surface area contributed by atoms with Gasteiger partial charge in [-0.15, -0.1) is 0 Å². The molecule has 0 amide bonds. The summed E-state index contributed by atoms with van der Waals surface area (Å²) in [6.45, 7) is -0.445. The Hall–Kier alpha value is -3.82. The van der Waals surface area contributed by atoms with Crippen molar-refractivity contribution in [1.82, 2.24) is 0 Å². The van der Waals surface area contributed by atoms with Gasteiger partial charge in [-0.1, -0.05) is 12.1 Å². The second-order valence-electron chi connectivity index (χ2n) is 4.87. The van der Waals surface area contributed by atoms with E-state index in [1.807, 2.05) is 0 Å². The van der Waals surface area contributed by atoms with Gasteiger partial charge in [0.25, 0.3) is 11.4 Å². The van der Waals surface area contributed by atoms with Crippen molar-refractivity contribution < 1.29 is 24.5 Å². The molecule has 0 aliphatic heterocycles. The molecule has 0 spiro atoms. The van der Waals surface area contributed by atoms with Gasteiger partial charge in [0.15, 0.2) is 5.78 Å². The Morgan fingerprint density at radius 1 is 1.00 bits per heavy atom. The second kappa shape index (κ2) is 7.17. The fourth-order valence-corrected chi connectivity index (χ4v) is 2.10. The van der Waals surface area contributed by atoms with Crippen LogP contribution in [0.3, 0.4) is 0 Å². The largest absolute Gasteiger partial charge is 0.480 e. The molecule has 2 aromatic carbocycles. The van der Waals surface area contributed by atoms with E-state index in [2.05, 4.69) is 5.32 Å². The van der Waals surface area contributed by atoms with Gasteiger partial charge in [-0.05, 0) is 12.1 Å². The Labute approximate surface area is 140 Å². The first-order valence-corrected chi connectivity index (χ1v) is 6.83. The van der Waals surface area contributed by atoms with Crippen molar-refractivity contribution in [1.29, 1.82) is 0 Å². The highest BCUT2D eigenvalue weighted by atomic mass is 16.6. The zero-order chi connectivity index (χ0) is 18.6. The third kappa shape index (κ3) is 4.13. The Kier molecular flexibility index (Phi) is 5.03. The highest BCUT2D eigenvalue weighted by Gasteiger charge is 2.22. The molecule has 0 aliphatic carbocycles. The number of nitrogens with zero attached hydrogens (tertiary/aromatic N) is 2. The predicted octanol–water partition coefficient (Wildman–Crippen LogP) is 2.23. The number of nitrogens with one attached hydrogen (secondary N) is 1. The fourth-order valence-electron chi connectivity index (χ4n) is 2.10. The molecule has 0 aromatic heterocycles. The van der Waals surface area contributed by atoms with E-state index in [0.717, 1.165) is 18.2 Å². The molecular weight excluding hydrogens is 334 g/mol. The van der Waals surface area contributed by atoms with Gasteiger partial charge in [0.1, 0.15) is 6.54 Å². The number of nitro groups is 2. The smallest absolute Gasteiger partial charge is 0.322 e. The minimum atomic E-state index is -1.15. The molecule has 0 saturated carbocycles. The average molecular weight is 345 g/mol. The van der Waals surface area contributed by atoms with Gasteiger partial charge in [-0.25, -0.2) is 0 Å². The van der Waals surface area contributed by atoms with Crippen molar-refractivity contribution in [3.8, 4) is 0 Å². The molecule has 2 rings (SSSR count). The number of hydrogen-bond donors (Lipinski definition) is 2. The number of para-hydroxylation sites is 1. The normalized spacial score (nSPS) is 10.1. The number of carboxylic acids is 1. The Bertz CT molecular complexity index is 847. The predicted molar refractivity (Wildman–Crippen MR) is 85.8 cm³/mol. The first kappa shape index (κ1) is 17.5. The summed E-state index contributed by atoms with van der Waals surface area (Å²) in [5.74, 6) is -1.85. The monoisotopic (exact) mass is 345 g/mol. The zero-order valence-corrected chi connectivity index (χ0v) is 12.5. The molecule has 0 unspecified atom stereocenters. The number of non-ortho nitro benzene ring substituents is 2. The molecule has 0 atom stereocenters. The van der Waals surface area contributed by atoms with Gasteiger partial charge in [0.05, 0.1) is 15.9 Å². The van der Waals surface area contributed by atoms with E-state index in [1.165, 1.54) is 18.2 Å². The first-order chi connectivity index (χ1) is 11.8. The van der Waals surface area contributed by atoms with Crippen LogP contribution in [0.4, 0.5) is 17.1 Å². The van der Waals surface area contributed by atoms with Crippen LogP contribution < -0.4 is 5.32 Å². The lowest BCUT2D eigenvalue weighted by Gasteiger charge is -2.09. The van der Waals surface area contributed by atoms with Crippen LogP contribution in [-0.4, -0.2) is 33.3 Å². The van der Waals surface area contributed by atoms with E-state index in [0.29, 0.717) is 0 Å². The summed E-state index contributed by atoms with van der Waals surface area (Å²) in [4.78, 5) is 43.5. The first-order valence-electron chi connectivity index (χ1n) is 6.83. The van der Waals surface area contributed by atoms with Gasteiger partial charge in [-0.3, -0.25) is 29.8 Å². The standard InChI is InChI=1S/C15H11N3O7/c19-14(20)8-16-13-4-2-1-3-12(13)15(21)9-5-10(17(22)23)7-11(6-9)18(24)25/h1-7,16H,8H2,(H,19,20). The van der Waals surface area contributed by atoms with Gasteiger partial charge in [0, 0.05) is 28.9 Å². The topological polar surface area (TPSA) is 153 Å². The quantitative estimate of drug-likeness (QED) is 0.440. The van der Waals surface area contributed by atoms with Gasteiger partial charge < -0.3 is 10.4 Å². The Morgan fingerprint density at radius 3 is 2.08 bits per heavy atom. The number of anilines is 1. The van der Waals surface area contributed by atoms with Crippen LogP contribution in [0.2, 0.25) is 0 Å². The van der Waals surface area contributed by atoms with Gasteiger partial charge in [-0.2, -0.15) is 0 Å². The van der Waals surface area contributed by atoms with E-state index < -0.39 is 39.5 Å². The second-order valence-corrected chi connectivity index (χ2v) is 4.87. The molecule has 2 aromatic rings. The van der Waals surface area contributed by atoms with Crippen LogP contribution in [-0.2, 0) is 4.79 Å². The number of hydrogen-bond acceptors (Lipinski definition) is 7. The molecule has 0 fully saturated rings. The van der Waals surface area contributed by atoms with Crippen molar-refractivity contribution in [3.05, 3.63) is 73.8 Å². The molecule has 10 nitrogen and oxygen atoms in total. The van der Waals surface area contributed by atoms with Crippen LogP contribution in [0.15, 0.2) is 42.5 Å². The molecule has 2 N–H and O–H groups in total. The third-order valence-electron chi connectivity index (χ3n) is 3.19. The fraction of sp³-hybridized carbons (Fsp3) is 0.0667. The highest BCUT2D eigenvalue weighted by molar-refractivity contribution is 6.13. The van der Waals surface area contributed by atoms with Crippen LogP contribution in [0.5, 0.6) is 0 Å². The van der Waals surface area contributed by atoms with E-state index >= 15 is 0 Å². The molecule has 0 saturated heterocycles. The number of ketones is 1. The van der Waals surface area contributed by atoms with Crippen molar-refractivity contribution in [3.63, 3.8) is 0 Å². The summed E-state index contributed by atoms with van der Waals surface area (Å²) in [5, 5.41) is 33.1. The van der Waals surface area contributed by atoms with Gasteiger partial charge in [0.2, 0.25) is 0 Å². The van der Waals surface area contributed by atoms with Crippen molar-refractivity contribution >= 4 is 28.8 Å². The number of nitro benzene ring substituents is 2. The summed E-state index contributed by atoms with van der Waals surface area (Å²) in [7, 11) is 0. The zero-order valence-electron chi connectivity index (χ0n) is 12.5. The van der Waals surface area contributed by atoms with Crippen molar-refractivity contribution in [2.24, 2.45) is 0 Å². The lowest BCUT2D eigenvalue weighted by Crippen LogP contribution is -2.15. The van der Waals surface area contributed by atoms with E-state index in [-0.39, 0.29) is 16.8 Å². The molecule has 0 aliphatic rings. The van der Waals surface area contributed by atoms with Crippen LogP contribution >= 0.6 is 0 Å². The Morgan fingerprint density at radius 2 is 1.56 bits per heavy atom. The SMILES string of the molecule is O=C(O)CNc1ccccc1C(=O)c1cc([N+](=O)[O-])cc([N+](=O)[O-])c1. The van der Waals surface area contributed by atoms with Crippen LogP contribution in [0, 0.1) is 20.2 Å². The molecule has 0 bridgehead atoms. The summed E-state index contributed by atoms with van der Waals surface area (Å²) in [6, 6.07) is 8.55. The van der Waals surface area contributed by atoms with Crippen molar-refractivity contribution in [2.75, 3.05) is 11.9 Å². The minimum absolute atomic E-state index is 0.0403. The maximum atomic E-state index is 12.6. The number of carboxylic acid groups (broad SMARTS) is 1. The number of carbonyl (C=O) groups is 2. The average Bonchev–Trinajstić information content (AvgIpc) is 2.59. The maximum Gasteiger partial charge on any atom is 0.322 e. The summed E-state index contributed by atoms with van der Waals surface area (Å²) >= 11 is 0. The maximum absolute atomic E-state index is 12.6. The molecule has 10 heteroatoms. The highest BCUT2D eigenvalue weighted by Crippen LogP contribution is 2.26. The van der Waals surface area contributed by atoms with Crippen LogP contribution in [0.1, 0.15) is 15.9 Å². The minimum Gasteiger partial charge on any atom is -0.480 e. The third-order valence-corrected chi connectivity index (χ3v) is 3.19. The number of aliphatic carboxylic acids is 1. The van der Waals surface area contributed by atoms with E-state index in [1.54, 1.807) is 6.07 Å². The summed E-state index contributed by atoms with van der Waals surface area (Å²) < 4.78 is 0. The van der Waals surface area contributed by atoms with E-state index in [4.69, 9.17) is 5.11 Å². The number of benzene rings is 2. The lowest BCUT2D eigenvalue weighted by molar-refractivity contribution is -0.394. The molecule has 0 heterocycles. The number of carbonyl (C=O) groups excluding carboxylic acids is 1. The molecule has 128 valence electrons. The van der Waals surface area contributed by atoms with Gasteiger partial charge >= 0.3 is 5.97 Å². The summed E-state index contributed by atoms with van der Waals surface area (Å²) in [6.07, 6.45) is 0. The van der Waals surface area contributed by atoms with Crippen LogP contribution in [0.25, 0.3) is 0 Å². The molecule has 0 radical (unpaired) electrons. The van der Waals surface area contributed by atoms with E-state index in [9.17, 15) is 29.8 Å². The lowest BCUT2D eigenvalue weighted by atomic mass is 10.0. The summed E-state index contributed by atoms with van der Waals surface area (Å²) in [5.41, 5.74) is -1.19. The number of rotatable bonds is 7. The molecular formula is C15H11N3O7. The Balaban J connectivity index is 2.49. The van der Waals surface area contributed by atoms with Crippen molar-refractivity contribution in [2.45, 2.75) is 0 Å².